The summed E-state index contributed by atoms with van der Waals surface area (Å²) in [7, 11) is 0. The van der Waals surface area contributed by atoms with Crippen molar-refractivity contribution in [3.05, 3.63) is 65.0 Å². The topological polar surface area (TPSA) is 75.0 Å². The Morgan fingerprint density at radius 2 is 1.81 bits per heavy atom. The molecule has 0 unspecified atom stereocenters. The number of benzene rings is 1. The van der Waals surface area contributed by atoms with E-state index < -0.39 is 0 Å². The summed E-state index contributed by atoms with van der Waals surface area (Å²) < 4.78 is 6.23. The van der Waals surface area contributed by atoms with E-state index in [2.05, 4.69) is 50.6 Å². The second kappa shape index (κ2) is 8.43. The average molecular weight is 432 g/mol. The smallest absolute Gasteiger partial charge is 0.253 e. The predicted octanol–water partition coefficient (Wildman–Crippen LogP) is 5.46. The van der Waals surface area contributed by atoms with Gasteiger partial charge in [0.05, 0.1) is 29.5 Å². The van der Waals surface area contributed by atoms with E-state index >= 15 is 0 Å². The molecule has 1 aliphatic rings. The normalized spacial score (nSPS) is 20.6. The first-order valence-electron chi connectivity index (χ1n) is 11.0. The van der Waals surface area contributed by atoms with Crippen LogP contribution in [-0.4, -0.2) is 23.5 Å². The molecule has 5 heteroatoms. The monoisotopic (exact) mass is 431 g/mol. The van der Waals surface area contributed by atoms with Gasteiger partial charge in [-0.1, -0.05) is 34.3 Å². The van der Waals surface area contributed by atoms with Crippen LogP contribution >= 0.6 is 0 Å². The van der Waals surface area contributed by atoms with Crippen LogP contribution in [0.5, 0.6) is 5.75 Å². The Morgan fingerprint density at radius 1 is 1.16 bits per heavy atom. The van der Waals surface area contributed by atoms with Gasteiger partial charge < -0.3 is 10.1 Å². The zero-order chi connectivity index (χ0) is 23.8. The van der Waals surface area contributed by atoms with Crippen molar-refractivity contribution >= 4 is 11.5 Å². The molecule has 1 N–H and O–H groups in total. The Balaban J connectivity index is 1.70. The van der Waals surface area contributed by atoms with Crippen LogP contribution in [0.1, 0.15) is 67.4 Å². The number of rotatable bonds is 6. The minimum atomic E-state index is -0.139. The minimum absolute atomic E-state index is 0.000662. The van der Waals surface area contributed by atoms with Crippen LogP contribution in [0.2, 0.25) is 0 Å². The molecule has 1 aromatic heterocycles. The Hall–Kier alpha value is -3.13. The molecule has 3 rings (SSSR count). The molecule has 0 atom stereocenters. The molecule has 0 bridgehead atoms. The van der Waals surface area contributed by atoms with Crippen molar-refractivity contribution in [2.45, 2.75) is 54.5 Å². The third-order valence-corrected chi connectivity index (χ3v) is 7.29. The van der Waals surface area contributed by atoms with Crippen LogP contribution in [0.15, 0.2) is 37.0 Å². The number of allylic oxidation sites excluding steroid dienone is 1. The lowest BCUT2D eigenvalue weighted by Crippen LogP contribution is -2.71. The summed E-state index contributed by atoms with van der Waals surface area (Å²) in [5.74, 6) is 0.943. The van der Waals surface area contributed by atoms with Crippen LogP contribution in [0, 0.1) is 41.9 Å². The first-order valence-corrected chi connectivity index (χ1v) is 11.0. The molecular formula is C27H33N3O2. The van der Waals surface area contributed by atoms with E-state index in [1.807, 2.05) is 39.0 Å². The number of hydrogen-bond donors (Lipinski definition) is 1. The fourth-order valence-corrected chi connectivity index (χ4v) is 5.27. The standard InChI is InChI=1S/C27H33N3O2/c1-16(2)21-11-9-20(14-29-21)24(31)30-25-26(5,6)23(27(25,7)8)15-32-22-12-10-19(13-28)17(3)18(22)4/h9-12,14,23,25H,1,15H2,2-8H3,(H,30,31). The molecular weight excluding hydrogens is 398 g/mol. The number of amides is 1. The summed E-state index contributed by atoms with van der Waals surface area (Å²) in [4.78, 5) is 17.2. The van der Waals surface area contributed by atoms with Crippen molar-refractivity contribution in [2.75, 3.05) is 6.61 Å². The number of pyridine rings is 1. The molecule has 1 heterocycles. The van der Waals surface area contributed by atoms with E-state index in [-0.39, 0.29) is 28.7 Å². The average Bonchev–Trinajstić information content (AvgIpc) is 2.74. The highest BCUT2D eigenvalue weighted by Crippen LogP contribution is 2.59. The molecule has 2 aromatic rings. The summed E-state index contributed by atoms with van der Waals surface area (Å²) in [5, 5.41) is 12.5. The second-order valence-corrected chi connectivity index (χ2v) is 10.1. The van der Waals surface area contributed by atoms with E-state index in [1.165, 1.54) is 0 Å². The lowest BCUT2D eigenvalue weighted by molar-refractivity contribution is -0.138. The SMILES string of the molecule is C=C(C)c1ccc(C(=O)NC2C(C)(C)C(COc3ccc(C#N)c(C)c3C)C2(C)C)cn1. The summed E-state index contributed by atoms with van der Waals surface area (Å²) in [6.45, 7) is 19.0. The summed E-state index contributed by atoms with van der Waals surface area (Å²) >= 11 is 0. The van der Waals surface area contributed by atoms with Gasteiger partial charge in [0, 0.05) is 18.2 Å². The van der Waals surface area contributed by atoms with Gasteiger partial charge in [0.1, 0.15) is 5.75 Å². The Kier molecular flexibility index (Phi) is 6.20. The molecule has 1 saturated carbocycles. The molecule has 0 saturated heterocycles. The first-order chi connectivity index (χ1) is 14.9. The number of carbonyl (C=O) groups is 1. The number of aromatic nitrogens is 1. The number of hydrogen-bond acceptors (Lipinski definition) is 4. The summed E-state index contributed by atoms with van der Waals surface area (Å²) in [6, 6.07) is 9.52. The molecule has 5 nitrogen and oxygen atoms in total. The number of nitrogens with one attached hydrogen (secondary N) is 1. The Bertz CT molecular complexity index is 1080. The highest BCUT2D eigenvalue weighted by Gasteiger charge is 2.62. The van der Waals surface area contributed by atoms with Crippen LogP contribution in [-0.2, 0) is 0 Å². The number of nitrogens with zero attached hydrogens (tertiary/aromatic N) is 2. The van der Waals surface area contributed by atoms with E-state index in [1.54, 1.807) is 12.3 Å². The van der Waals surface area contributed by atoms with Crippen LogP contribution in [0.4, 0.5) is 0 Å². The zero-order valence-electron chi connectivity index (χ0n) is 20.2. The van der Waals surface area contributed by atoms with Gasteiger partial charge in [0.2, 0.25) is 0 Å². The quantitative estimate of drug-likeness (QED) is 0.659. The second-order valence-electron chi connectivity index (χ2n) is 10.1. The predicted molar refractivity (Wildman–Crippen MR) is 127 cm³/mol. The molecule has 168 valence electrons. The molecule has 0 radical (unpaired) electrons. The van der Waals surface area contributed by atoms with Gasteiger partial charge >= 0.3 is 0 Å². The van der Waals surface area contributed by atoms with E-state index in [0.717, 1.165) is 28.1 Å². The maximum absolute atomic E-state index is 12.9. The van der Waals surface area contributed by atoms with Gasteiger partial charge in [-0.25, -0.2) is 0 Å². The maximum atomic E-state index is 12.9. The van der Waals surface area contributed by atoms with Gasteiger partial charge in [0.25, 0.3) is 5.91 Å². The molecule has 0 spiro atoms. The van der Waals surface area contributed by atoms with Crippen LogP contribution in [0.25, 0.3) is 5.57 Å². The summed E-state index contributed by atoms with van der Waals surface area (Å²) in [6.07, 6.45) is 1.61. The molecule has 1 aliphatic carbocycles. The molecule has 1 amide bonds. The minimum Gasteiger partial charge on any atom is -0.493 e. The molecule has 1 fully saturated rings. The Labute approximate surface area is 191 Å². The number of nitriles is 1. The zero-order valence-corrected chi connectivity index (χ0v) is 20.2. The number of ether oxygens (including phenoxy) is 1. The van der Waals surface area contributed by atoms with Gasteiger partial charge in [-0.2, -0.15) is 5.26 Å². The van der Waals surface area contributed by atoms with E-state index in [0.29, 0.717) is 17.7 Å². The first kappa shape index (κ1) is 23.5. The van der Waals surface area contributed by atoms with Gasteiger partial charge in [0.15, 0.2) is 0 Å². The van der Waals surface area contributed by atoms with Crippen molar-refractivity contribution in [3.8, 4) is 11.8 Å². The molecule has 32 heavy (non-hydrogen) atoms. The third-order valence-electron chi connectivity index (χ3n) is 7.29. The molecule has 1 aromatic carbocycles. The van der Waals surface area contributed by atoms with Crippen LogP contribution in [0.3, 0.4) is 0 Å². The lowest BCUT2D eigenvalue weighted by atomic mass is 9.44. The highest BCUT2D eigenvalue weighted by atomic mass is 16.5. The molecule has 0 aliphatic heterocycles. The van der Waals surface area contributed by atoms with Gasteiger partial charge in [-0.3, -0.25) is 9.78 Å². The van der Waals surface area contributed by atoms with Crippen molar-refractivity contribution in [1.82, 2.24) is 10.3 Å². The van der Waals surface area contributed by atoms with Crippen molar-refractivity contribution in [3.63, 3.8) is 0 Å². The van der Waals surface area contributed by atoms with Crippen molar-refractivity contribution in [1.29, 1.82) is 5.26 Å². The fourth-order valence-electron chi connectivity index (χ4n) is 5.27. The van der Waals surface area contributed by atoms with E-state index in [4.69, 9.17) is 4.74 Å². The highest BCUT2D eigenvalue weighted by molar-refractivity contribution is 5.94. The van der Waals surface area contributed by atoms with Gasteiger partial charge in [-0.05, 0) is 72.6 Å². The maximum Gasteiger partial charge on any atom is 0.253 e. The van der Waals surface area contributed by atoms with Gasteiger partial charge in [-0.15, -0.1) is 0 Å². The Morgan fingerprint density at radius 3 is 2.34 bits per heavy atom. The fraction of sp³-hybridized carbons (Fsp3) is 0.444. The van der Waals surface area contributed by atoms with Crippen LogP contribution < -0.4 is 10.1 Å². The largest absolute Gasteiger partial charge is 0.493 e. The lowest BCUT2D eigenvalue weighted by Gasteiger charge is -2.64. The van der Waals surface area contributed by atoms with E-state index in [9.17, 15) is 10.1 Å². The summed E-state index contributed by atoms with van der Waals surface area (Å²) in [5.41, 5.74) is 4.55. The third kappa shape index (κ3) is 4.02. The number of carbonyl (C=O) groups excluding carboxylic acids is 1. The van der Waals surface area contributed by atoms with Crippen molar-refractivity contribution in [2.24, 2.45) is 16.7 Å². The van der Waals surface area contributed by atoms with Crippen molar-refractivity contribution < 1.29 is 9.53 Å².